The molecule has 0 bridgehead atoms. The molecule has 0 aliphatic heterocycles. The molecule has 0 spiro atoms. The SMILES string of the molecule is CC#Cc1ccccc1-c1ccc(CC(NS(=O)(=O)c2ccccn2)c2cccc(NCC(=O)OCC)n2)cc1. The van der Waals surface area contributed by atoms with E-state index in [9.17, 15) is 13.2 Å². The number of hydrogen-bond acceptors (Lipinski definition) is 7. The number of aromatic nitrogens is 2. The van der Waals surface area contributed by atoms with E-state index < -0.39 is 22.0 Å². The summed E-state index contributed by atoms with van der Waals surface area (Å²) in [5.74, 6) is 6.11. The minimum absolute atomic E-state index is 0.0556. The lowest BCUT2D eigenvalue weighted by Crippen LogP contribution is -2.31. The molecule has 0 saturated carbocycles. The van der Waals surface area contributed by atoms with Gasteiger partial charge in [-0.15, -0.1) is 5.92 Å². The molecule has 1 atom stereocenters. The summed E-state index contributed by atoms with van der Waals surface area (Å²) in [7, 11) is -3.95. The molecule has 9 heteroatoms. The van der Waals surface area contributed by atoms with Crippen LogP contribution in [0.3, 0.4) is 0 Å². The van der Waals surface area contributed by atoms with Crippen LogP contribution in [0, 0.1) is 11.8 Å². The largest absolute Gasteiger partial charge is 0.465 e. The van der Waals surface area contributed by atoms with Crippen LogP contribution in [-0.2, 0) is 26.0 Å². The molecular weight excluding hydrogens is 524 g/mol. The third-order valence-corrected chi connectivity index (χ3v) is 7.34. The van der Waals surface area contributed by atoms with Gasteiger partial charge in [-0.25, -0.2) is 23.1 Å². The molecule has 4 aromatic rings. The summed E-state index contributed by atoms with van der Waals surface area (Å²) in [4.78, 5) is 20.4. The number of esters is 1. The van der Waals surface area contributed by atoms with Crippen molar-refractivity contribution in [3.63, 3.8) is 0 Å². The molecule has 2 heterocycles. The molecule has 2 aromatic heterocycles. The molecule has 204 valence electrons. The number of anilines is 1. The van der Waals surface area contributed by atoms with Crippen molar-refractivity contribution in [3.05, 3.63) is 108 Å². The predicted octanol–water partition coefficient (Wildman–Crippen LogP) is 4.75. The molecule has 0 aliphatic rings. The number of carbonyl (C=O) groups is 1. The third-order valence-electron chi connectivity index (χ3n) is 5.95. The zero-order chi connectivity index (χ0) is 28.4. The fraction of sp³-hybridized carbons (Fsp3) is 0.194. The number of nitrogens with one attached hydrogen (secondary N) is 2. The van der Waals surface area contributed by atoms with Crippen LogP contribution in [0.15, 0.2) is 96.2 Å². The summed E-state index contributed by atoms with van der Waals surface area (Å²) in [6, 6.07) is 25.1. The van der Waals surface area contributed by atoms with Gasteiger partial charge in [-0.3, -0.25) is 4.79 Å². The van der Waals surface area contributed by atoms with Crippen LogP contribution >= 0.6 is 0 Å². The van der Waals surface area contributed by atoms with Gasteiger partial charge in [0.1, 0.15) is 12.4 Å². The lowest BCUT2D eigenvalue weighted by atomic mass is 9.97. The van der Waals surface area contributed by atoms with Gasteiger partial charge in [-0.1, -0.05) is 60.5 Å². The maximum atomic E-state index is 13.2. The van der Waals surface area contributed by atoms with Gasteiger partial charge in [0.05, 0.1) is 18.3 Å². The minimum atomic E-state index is -3.95. The smallest absolute Gasteiger partial charge is 0.325 e. The van der Waals surface area contributed by atoms with Crippen LogP contribution < -0.4 is 10.0 Å². The zero-order valence-corrected chi connectivity index (χ0v) is 23.1. The minimum Gasteiger partial charge on any atom is -0.465 e. The van der Waals surface area contributed by atoms with E-state index in [0.29, 0.717) is 17.9 Å². The number of carbonyl (C=O) groups excluding carboxylic acids is 1. The molecular formula is C31H30N4O4S. The van der Waals surface area contributed by atoms with E-state index in [1.807, 2.05) is 48.5 Å². The average molecular weight is 555 g/mol. The van der Waals surface area contributed by atoms with E-state index in [0.717, 1.165) is 22.3 Å². The van der Waals surface area contributed by atoms with Crippen molar-refractivity contribution in [1.82, 2.24) is 14.7 Å². The molecule has 4 rings (SSSR count). The monoisotopic (exact) mass is 554 g/mol. The van der Waals surface area contributed by atoms with E-state index in [1.165, 1.54) is 12.3 Å². The molecule has 2 N–H and O–H groups in total. The van der Waals surface area contributed by atoms with Crippen LogP contribution in [0.1, 0.15) is 36.7 Å². The first-order valence-electron chi connectivity index (χ1n) is 12.8. The molecule has 0 saturated heterocycles. The van der Waals surface area contributed by atoms with Crippen LogP contribution in [0.25, 0.3) is 11.1 Å². The summed E-state index contributed by atoms with van der Waals surface area (Å²) >= 11 is 0. The van der Waals surface area contributed by atoms with Crippen molar-refractivity contribution in [2.24, 2.45) is 0 Å². The van der Waals surface area contributed by atoms with Crippen molar-refractivity contribution in [3.8, 4) is 23.0 Å². The van der Waals surface area contributed by atoms with Crippen LogP contribution in [0.2, 0.25) is 0 Å². The number of nitrogens with zero attached hydrogens (tertiary/aromatic N) is 2. The Morgan fingerprint density at radius 3 is 2.48 bits per heavy atom. The Balaban J connectivity index is 1.62. The summed E-state index contributed by atoms with van der Waals surface area (Å²) in [6.45, 7) is 3.77. The molecule has 40 heavy (non-hydrogen) atoms. The Hall–Kier alpha value is -4.52. The third kappa shape index (κ3) is 7.53. The average Bonchev–Trinajstić information content (AvgIpc) is 2.97. The highest BCUT2D eigenvalue weighted by Crippen LogP contribution is 2.26. The summed E-state index contributed by atoms with van der Waals surface area (Å²) in [6.07, 6.45) is 1.76. The van der Waals surface area contributed by atoms with E-state index in [1.54, 1.807) is 44.2 Å². The Morgan fingerprint density at radius 2 is 1.75 bits per heavy atom. The molecule has 1 unspecified atom stereocenters. The predicted molar refractivity (Wildman–Crippen MR) is 155 cm³/mol. The first-order chi connectivity index (χ1) is 19.4. The molecule has 0 amide bonds. The topological polar surface area (TPSA) is 110 Å². The highest BCUT2D eigenvalue weighted by Gasteiger charge is 2.24. The van der Waals surface area contributed by atoms with Gasteiger partial charge in [-0.2, -0.15) is 0 Å². The number of sulfonamides is 1. The Kier molecular flexibility index (Phi) is 9.62. The van der Waals surface area contributed by atoms with Crippen molar-refractivity contribution >= 4 is 21.8 Å². The lowest BCUT2D eigenvalue weighted by Gasteiger charge is -2.19. The van der Waals surface area contributed by atoms with Gasteiger partial charge in [0.2, 0.25) is 0 Å². The maximum absolute atomic E-state index is 13.2. The van der Waals surface area contributed by atoms with Crippen LogP contribution in [-0.4, -0.2) is 37.5 Å². The number of rotatable bonds is 11. The highest BCUT2D eigenvalue weighted by atomic mass is 32.2. The maximum Gasteiger partial charge on any atom is 0.325 e. The Morgan fingerprint density at radius 1 is 0.975 bits per heavy atom. The molecule has 8 nitrogen and oxygen atoms in total. The highest BCUT2D eigenvalue weighted by molar-refractivity contribution is 7.89. The number of benzene rings is 2. The number of pyridine rings is 2. The molecule has 0 aliphatic carbocycles. The van der Waals surface area contributed by atoms with Crippen LogP contribution in [0.4, 0.5) is 5.82 Å². The summed E-state index contributed by atoms with van der Waals surface area (Å²) < 4.78 is 34.2. The number of ether oxygens (including phenoxy) is 1. The second kappa shape index (κ2) is 13.5. The second-order valence-electron chi connectivity index (χ2n) is 8.77. The summed E-state index contributed by atoms with van der Waals surface area (Å²) in [5, 5.41) is 2.86. The summed E-state index contributed by atoms with van der Waals surface area (Å²) in [5.41, 5.74) is 4.37. The number of hydrogen-bond donors (Lipinski definition) is 2. The van der Waals surface area contributed by atoms with E-state index in [2.05, 4.69) is 31.8 Å². The molecule has 2 aromatic carbocycles. The van der Waals surface area contributed by atoms with E-state index >= 15 is 0 Å². The first-order valence-corrected chi connectivity index (χ1v) is 14.3. The van der Waals surface area contributed by atoms with Crippen molar-refractivity contribution in [2.45, 2.75) is 31.3 Å². The van der Waals surface area contributed by atoms with Gasteiger partial charge in [-0.05, 0) is 67.3 Å². The van der Waals surface area contributed by atoms with Crippen LogP contribution in [0.5, 0.6) is 0 Å². The second-order valence-corrected chi connectivity index (χ2v) is 10.4. The standard InChI is InChI=1S/C31H30N4O4S/c1-3-10-24-11-5-6-12-26(24)25-18-16-23(17-19-25)21-28(35-40(37,38)30-15-7-8-20-32-30)27-13-9-14-29(34-27)33-22-31(36)39-4-2/h5-9,11-20,28,35H,4,21-22H2,1-2H3,(H,33,34). The van der Waals surface area contributed by atoms with Gasteiger partial charge in [0.25, 0.3) is 10.0 Å². The molecule has 0 radical (unpaired) electrons. The fourth-order valence-corrected chi connectivity index (χ4v) is 5.27. The van der Waals surface area contributed by atoms with E-state index in [-0.39, 0.29) is 18.2 Å². The van der Waals surface area contributed by atoms with Gasteiger partial charge < -0.3 is 10.1 Å². The zero-order valence-electron chi connectivity index (χ0n) is 22.3. The fourth-order valence-electron chi connectivity index (χ4n) is 4.11. The lowest BCUT2D eigenvalue weighted by molar-refractivity contribution is -0.140. The van der Waals surface area contributed by atoms with Gasteiger partial charge >= 0.3 is 5.97 Å². The van der Waals surface area contributed by atoms with Crippen molar-refractivity contribution in [1.29, 1.82) is 0 Å². The van der Waals surface area contributed by atoms with Gasteiger partial charge in [0, 0.05) is 11.8 Å². The molecule has 0 fully saturated rings. The van der Waals surface area contributed by atoms with Crippen molar-refractivity contribution in [2.75, 3.05) is 18.5 Å². The Bertz CT molecular complexity index is 1610. The quantitative estimate of drug-likeness (QED) is 0.203. The normalized spacial score (nSPS) is 11.7. The van der Waals surface area contributed by atoms with E-state index in [4.69, 9.17) is 4.74 Å². The van der Waals surface area contributed by atoms with Crippen molar-refractivity contribution < 1.29 is 17.9 Å². The Labute approximate surface area is 234 Å². The first kappa shape index (κ1) is 28.5. The van der Waals surface area contributed by atoms with Gasteiger partial charge in [0.15, 0.2) is 5.03 Å².